The third-order valence-electron chi connectivity index (χ3n) is 3.64. The molecule has 102 valence electrons. The predicted octanol–water partition coefficient (Wildman–Crippen LogP) is 2.90. The van der Waals surface area contributed by atoms with Gasteiger partial charge in [0.15, 0.2) is 7.22 Å². The van der Waals surface area contributed by atoms with Crippen LogP contribution in [0.2, 0.25) is 19.6 Å². The van der Waals surface area contributed by atoms with Gasteiger partial charge in [0, 0.05) is 51.4 Å². The molecule has 0 saturated heterocycles. The second kappa shape index (κ2) is 3.41. The van der Waals surface area contributed by atoms with Crippen molar-refractivity contribution in [2.24, 2.45) is 0 Å². The Hall–Kier alpha value is 0.307. The normalized spacial score (nSPS) is 19.1. The zero-order valence-corrected chi connectivity index (χ0v) is 13.8. The number of nitrogens with zero attached hydrogens (tertiary/aromatic N) is 3. The number of hydrogen-bond acceptors (Lipinski definition) is 3. The Labute approximate surface area is 99.3 Å². The third-order valence-corrected chi connectivity index (χ3v) is 21.9. The Morgan fingerprint density at radius 1 is 0.688 bits per heavy atom. The molecule has 16 heavy (non-hydrogen) atoms. The fraction of sp³-hybridized carbons (Fsp3) is 1.00. The van der Waals surface area contributed by atoms with Crippen LogP contribution >= 0.6 is 9.07 Å². The van der Waals surface area contributed by atoms with Gasteiger partial charge in [0.05, 0.1) is 0 Å². The molecule has 0 aliphatic carbocycles. The van der Waals surface area contributed by atoms with Crippen molar-refractivity contribution in [3.05, 3.63) is 0 Å². The van der Waals surface area contributed by atoms with Gasteiger partial charge in [0.2, 0.25) is 0 Å². The first-order valence-electron chi connectivity index (χ1n) is 5.24. The Bertz CT molecular complexity index is 266. The molecule has 0 rings (SSSR count). The van der Waals surface area contributed by atoms with Crippen LogP contribution in [0.5, 0.6) is 0 Å². The second-order valence-electron chi connectivity index (χ2n) is 5.69. The monoisotopic (exact) mass is 275 g/mol. The first-order chi connectivity index (χ1) is 6.69. The van der Waals surface area contributed by atoms with Crippen molar-refractivity contribution in [1.82, 2.24) is 12.9 Å². The average molecular weight is 275 g/mol. The zero-order valence-electron chi connectivity index (χ0n) is 12.0. The molecule has 0 bridgehead atoms. The molecule has 0 radical (unpaired) electrons. The maximum absolute atomic E-state index is 16.0. The van der Waals surface area contributed by atoms with Gasteiger partial charge in [-0.15, -0.1) is 7.77 Å². The van der Waals surface area contributed by atoms with E-state index in [0.717, 1.165) is 12.9 Å². The molecule has 0 aliphatic heterocycles. The topological polar surface area (TPSA) is 9.72 Å². The molecule has 0 unspecified atom stereocenters. The second-order valence-corrected chi connectivity index (χ2v) is 20.6. The largest absolute Gasteiger partial charge is 0.229 e. The van der Waals surface area contributed by atoms with Crippen molar-refractivity contribution in [2.45, 2.75) is 19.6 Å². The van der Waals surface area contributed by atoms with Crippen LogP contribution in [-0.4, -0.2) is 62.4 Å². The van der Waals surface area contributed by atoms with Gasteiger partial charge in [-0.2, -0.15) is 0 Å². The van der Waals surface area contributed by atoms with Crippen molar-refractivity contribution in [3.63, 3.8) is 0 Å². The van der Waals surface area contributed by atoms with Crippen molar-refractivity contribution in [3.8, 4) is 0 Å². The lowest BCUT2D eigenvalue weighted by molar-refractivity contribution is 0.336. The van der Waals surface area contributed by atoms with E-state index >= 15 is 7.77 Å². The van der Waals surface area contributed by atoms with Gasteiger partial charge >= 0.3 is 0 Å². The van der Waals surface area contributed by atoms with E-state index < -0.39 is 16.3 Å². The molecule has 0 heterocycles. The van der Waals surface area contributed by atoms with Crippen LogP contribution in [0.15, 0.2) is 0 Å². The van der Waals surface area contributed by atoms with Gasteiger partial charge in [-0.25, -0.2) is 12.9 Å². The van der Waals surface area contributed by atoms with E-state index in [1.54, 1.807) is 19.6 Å². The molecule has 0 atom stereocenters. The molecule has 0 fully saturated rings. The molecule has 0 aromatic heterocycles. The van der Waals surface area contributed by atoms with Crippen LogP contribution < -0.4 is 0 Å². The minimum absolute atomic E-state index is 1.16. The van der Waals surface area contributed by atoms with Crippen LogP contribution in [0, 0.1) is 0 Å². The zero-order chi connectivity index (χ0) is 13.6. The summed E-state index contributed by atoms with van der Waals surface area (Å²) in [7, 11) is 0.569. The molecule has 0 aliphatic rings. The highest BCUT2D eigenvalue weighted by atomic mass is 32.6. The maximum Gasteiger partial charge on any atom is 0.181 e. The van der Waals surface area contributed by atoms with Crippen molar-refractivity contribution in [1.29, 1.82) is 0 Å². The molecule has 0 spiro atoms. The molecule has 0 saturated carbocycles. The summed E-state index contributed by atoms with van der Waals surface area (Å²) in [5.74, 6) is 0. The van der Waals surface area contributed by atoms with E-state index in [4.69, 9.17) is 0 Å². The maximum atomic E-state index is 16.0. The van der Waals surface area contributed by atoms with Crippen LogP contribution in [-0.2, 0) is 0 Å². The summed E-state index contributed by atoms with van der Waals surface area (Å²) in [6, 6.07) is 0. The van der Waals surface area contributed by atoms with Crippen molar-refractivity contribution >= 4 is 16.3 Å². The first kappa shape index (κ1) is 16.3. The summed E-state index contributed by atoms with van der Waals surface area (Å²) >= 11 is 0. The van der Waals surface area contributed by atoms with Gasteiger partial charge in [-0.05, 0) is 0 Å². The molecular formula is C9H27F2N3SSi. The molecule has 0 amide bonds. The smallest absolute Gasteiger partial charge is 0.181 e. The van der Waals surface area contributed by atoms with Gasteiger partial charge in [0.1, 0.15) is 0 Å². The first-order valence-corrected chi connectivity index (χ1v) is 11.6. The van der Waals surface area contributed by atoms with E-state index in [2.05, 4.69) is 0 Å². The van der Waals surface area contributed by atoms with Gasteiger partial charge in [-0.1, -0.05) is 19.6 Å². The number of hydrogen-bond donors (Lipinski definition) is 0. The fourth-order valence-electron chi connectivity index (χ4n) is 2.62. The Kier molecular flexibility index (Phi) is 3.48. The number of halogens is 2. The molecule has 7 heteroatoms. The van der Waals surface area contributed by atoms with Crippen LogP contribution in [0.25, 0.3) is 0 Å². The van der Waals surface area contributed by atoms with Crippen LogP contribution in [0.1, 0.15) is 0 Å². The molecule has 3 nitrogen and oxygen atoms in total. The summed E-state index contributed by atoms with van der Waals surface area (Å²) in [5, 5.41) is 0. The lowest BCUT2D eigenvalue weighted by Crippen LogP contribution is -2.69. The Morgan fingerprint density at radius 2 is 0.875 bits per heavy atom. The number of rotatable bonds is 4. The fourth-order valence-corrected chi connectivity index (χ4v) is 17.7. The molecule has 0 N–H and O–H groups in total. The highest BCUT2D eigenvalue weighted by Crippen LogP contribution is 2.99. The Balaban J connectivity index is 6.51. The van der Waals surface area contributed by atoms with Gasteiger partial charge in [-0.3, -0.25) is 0 Å². The quantitative estimate of drug-likeness (QED) is 0.731. The van der Waals surface area contributed by atoms with Crippen molar-refractivity contribution in [2.75, 3.05) is 42.3 Å². The van der Waals surface area contributed by atoms with E-state index in [9.17, 15) is 0 Å². The summed E-state index contributed by atoms with van der Waals surface area (Å²) in [5.41, 5.74) is 0. The average Bonchev–Trinajstić information content (AvgIpc) is 2.01. The Morgan fingerprint density at radius 3 is 0.875 bits per heavy atom. The van der Waals surface area contributed by atoms with E-state index in [0.29, 0.717) is 0 Å². The lowest BCUT2D eigenvalue weighted by Gasteiger charge is -2.82. The standard InChI is InChI=1S/C9H27F2N3SSi/c1-12(2)15(10,11,13(3)4,14(5)6)16(7,8)9/h1-9H3. The van der Waals surface area contributed by atoms with E-state index in [-0.39, 0.29) is 0 Å². The highest BCUT2D eigenvalue weighted by molar-refractivity contribution is 8.72. The highest BCUT2D eigenvalue weighted by Gasteiger charge is 2.75. The van der Waals surface area contributed by atoms with Crippen LogP contribution in [0.3, 0.4) is 0 Å². The molecule has 0 aromatic rings. The summed E-state index contributed by atoms with van der Waals surface area (Å²) in [6.45, 7) is 5.19. The molecular weight excluding hydrogens is 248 g/mol. The lowest BCUT2D eigenvalue weighted by atomic mass is 11.2. The van der Waals surface area contributed by atoms with Crippen LogP contribution in [0.4, 0.5) is 7.77 Å². The van der Waals surface area contributed by atoms with Gasteiger partial charge in [0.25, 0.3) is 0 Å². The summed E-state index contributed by atoms with van der Waals surface area (Å²) < 4.78 is 35.5. The van der Waals surface area contributed by atoms with Gasteiger partial charge < -0.3 is 0 Å². The summed E-state index contributed by atoms with van der Waals surface area (Å²) in [4.78, 5) is 0. The minimum Gasteiger partial charge on any atom is -0.229 e. The summed E-state index contributed by atoms with van der Waals surface area (Å²) in [6.07, 6.45) is 0. The predicted molar refractivity (Wildman–Crippen MR) is 74.2 cm³/mol. The SMILES string of the molecule is CN(C)S(F)(F)(N(C)C)(N(C)C)[Si](C)(C)C. The molecule has 0 aromatic carbocycles. The third kappa shape index (κ3) is 1.23. The van der Waals surface area contributed by atoms with Crippen molar-refractivity contribution < 1.29 is 7.77 Å². The van der Waals surface area contributed by atoms with E-state index in [1.165, 1.54) is 42.3 Å². The minimum atomic E-state index is -5.53. The van der Waals surface area contributed by atoms with E-state index in [1.807, 2.05) is 0 Å².